The number of rotatable bonds is 1. The minimum atomic E-state index is -0.425. The first-order valence-electron chi connectivity index (χ1n) is 11.9. The molecule has 0 saturated heterocycles. The van der Waals surface area contributed by atoms with Crippen molar-refractivity contribution in [3.63, 3.8) is 0 Å². The van der Waals surface area contributed by atoms with E-state index >= 15 is 0 Å². The van der Waals surface area contributed by atoms with Gasteiger partial charge < -0.3 is 4.74 Å². The Hall–Kier alpha value is -3.55. The molecule has 1 spiro atoms. The van der Waals surface area contributed by atoms with Gasteiger partial charge in [0, 0.05) is 16.2 Å². The highest BCUT2D eigenvalue weighted by molar-refractivity contribution is 6.31. The van der Waals surface area contributed by atoms with E-state index in [-0.39, 0.29) is 0 Å². The zero-order chi connectivity index (χ0) is 22.9. The van der Waals surface area contributed by atoms with Crippen molar-refractivity contribution in [3.05, 3.63) is 136 Å². The third-order valence-corrected chi connectivity index (χ3v) is 7.93. The standard InChI is InChI=1S/C32H23ClO/c1-20-14-16-22(33)19-25(20)21-15-17-31-29(18-21)32(28-12-6-7-13-30(28)34-31)26-10-4-2-8-23(26)24-9-3-5-11-27(24)32/h2-13,15-20H,14H2,1H3. The summed E-state index contributed by atoms with van der Waals surface area (Å²) in [5.41, 5.74) is 9.67. The van der Waals surface area contributed by atoms with Gasteiger partial charge in [-0.05, 0) is 70.0 Å². The Morgan fingerprint density at radius 3 is 2.09 bits per heavy atom. The van der Waals surface area contributed by atoms with E-state index in [1.165, 1.54) is 44.5 Å². The molecule has 4 aromatic rings. The lowest BCUT2D eigenvalue weighted by Crippen LogP contribution is -2.32. The molecule has 0 aromatic heterocycles. The van der Waals surface area contributed by atoms with Gasteiger partial charge in [-0.1, -0.05) is 97.4 Å². The highest BCUT2D eigenvalue weighted by Crippen LogP contribution is 2.62. The van der Waals surface area contributed by atoms with Gasteiger partial charge in [0.15, 0.2) is 0 Å². The van der Waals surface area contributed by atoms with Crippen LogP contribution in [0.3, 0.4) is 0 Å². The van der Waals surface area contributed by atoms with E-state index in [2.05, 4.69) is 110 Å². The summed E-state index contributed by atoms with van der Waals surface area (Å²) in [6.45, 7) is 2.27. The van der Waals surface area contributed by atoms with Crippen LogP contribution in [0.25, 0.3) is 16.7 Å². The van der Waals surface area contributed by atoms with Gasteiger partial charge in [-0.25, -0.2) is 0 Å². The predicted molar refractivity (Wildman–Crippen MR) is 140 cm³/mol. The number of benzene rings is 4. The number of hydrogen-bond donors (Lipinski definition) is 0. The van der Waals surface area contributed by atoms with Crippen molar-refractivity contribution >= 4 is 17.2 Å². The fourth-order valence-corrected chi connectivity index (χ4v) is 6.38. The van der Waals surface area contributed by atoms with Gasteiger partial charge >= 0.3 is 0 Å². The summed E-state index contributed by atoms with van der Waals surface area (Å²) in [5, 5.41) is 0.818. The number of para-hydroxylation sites is 1. The molecule has 0 N–H and O–H groups in total. The molecule has 0 fully saturated rings. The largest absolute Gasteiger partial charge is 0.457 e. The number of hydrogen-bond acceptors (Lipinski definition) is 1. The Kier molecular flexibility index (Phi) is 4.22. The van der Waals surface area contributed by atoms with Crippen LogP contribution in [0.4, 0.5) is 0 Å². The zero-order valence-electron chi connectivity index (χ0n) is 18.9. The van der Waals surface area contributed by atoms with Gasteiger partial charge in [0.25, 0.3) is 0 Å². The van der Waals surface area contributed by atoms with Crippen LogP contribution < -0.4 is 4.74 Å². The second kappa shape index (κ2) is 7.22. The first kappa shape index (κ1) is 19.9. The summed E-state index contributed by atoms with van der Waals surface area (Å²) in [6.07, 6.45) is 5.19. The minimum Gasteiger partial charge on any atom is -0.457 e. The molecule has 1 nitrogen and oxygen atoms in total. The zero-order valence-corrected chi connectivity index (χ0v) is 19.6. The molecule has 2 heteroatoms. The van der Waals surface area contributed by atoms with Gasteiger partial charge in [0.2, 0.25) is 0 Å². The highest BCUT2D eigenvalue weighted by Gasteiger charge is 2.51. The van der Waals surface area contributed by atoms with Crippen molar-refractivity contribution in [2.75, 3.05) is 0 Å². The summed E-state index contributed by atoms with van der Waals surface area (Å²) in [6, 6.07) is 32.8. The first-order valence-corrected chi connectivity index (χ1v) is 12.2. The van der Waals surface area contributed by atoms with E-state index in [9.17, 15) is 0 Å². The Labute approximate surface area is 205 Å². The Morgan fingerprint density at radius 1 is 0.735 bits per heavy atom. The smallest absolute Gasteiger partial charge is 0.132 e. The van der Waals surface area contributed by atoms with E-state index in [1.807, 2.05) is 0 Å². The SMILES string of the molecule is CC1CC=C(Cl)C=C1c1ccc2c(c1)C1(c3ccccc3O2)c2ccccc2-c2ccccc21. The van der Waals surface area contributed by atoms with E-state index in [0.29, 0.717) is 5.92 Å². The van der Waals surface area contributed by atoms with Gasteiger partial charge in [-0.15, -0.1) is 0 Å². The van der Waals surface area contributed by atoms with Crippen molar-refractivity contribution in [1.29, 1.82) is 0 Å². The van der Waals surface area contributed by atoms with Crippen LogP contribution in [0.1, 0.15) is 41.2 Å². The van der Waals surface area contributed by atoms with Crippen LogP contribution in [0, 0.1) is 5.92 Å². The summed E-state index contributed by atoms with van der Waals surface area (Å²) < 4.78 is 6.53. The summed E-state index contributed by atoms with van der Waals surface area (Å²) >= 11 is 6.45. The maximum Gasteiger partial charge on any atom is 0.132 e. The molecule has 7 rings (SSSR count). The van der Waals surface area contributed by atoms with E-state index in [1.54, 1.807) is 0 Å². The number of halogens is 1. The van der Waals surface area contributed by atoms with Crippen LogP contribution in [0.2, 0.25) is 0 Å². The normalized spacial score (nSPS) is 18.7. The molecule has 0 radical (unpaired) electrons. The van der Waals surface area contributed by atoms with E-state index in [4.69, 9.17) is 16.3 Å². The lowest BCUT2D eigenvalue weighted by molar-refractivity contribution is 0.436. The Morgan fingerprint density at radius 2 is 1.35 bits per heavy atom. The molecule has 1 heterocycles. The summed E-state index contributed by atoms with van der Waals surface area (Å²) in [5.74, 6) is 2.25. The molecular formula is C32H23ClO. The highest BCUT2D eigenvalue weighted by atomic mass is 35.5. The molecule has 4 aromatic carbocycles. The molecule has 2 aliphatic carbocycles. The lowest BCUT2D eigenvalue weighted by Gasteiger charge is -2.39. The molecule has 3 aliphatic rings. The average Bonchev–Trinajstić information content (AvgIpc) is 3.17. The van der Waals surface area contributed by atoms with E-state index in [0.717, 1.165) is 23.0 Å². The summed E-state index contributed by atoms with van der Waals surface area (Å²) in [7, 11) is 0. The minimum absolute atomic E-state index is 0.413. The van der Waals surface area contributed by atoms with Gasteiger partial charge in [0.1, 0.15) is 11.5 Å². The van der Waals surface area contributed by atoms with Crippen LogP contribution in [-0.2, 0) is 5.41 Å². The predicted octanol–water partition coefficient (Wildman–Crippen LogP) is 8.70. The van der Waals surface area contributed by atoms with Crippen LogP contribution >= 0.6 is 11.6 Å². The maximum absolute atomic E-state index is 6.53. The molecular weight excluding hydrogens is 436 g/mol. The van der Waals surface area contributed by atoms with Crippen LogP contribution in [0.5, 0.6) is 11.5 Å². The number of ether oxygens (including phenoxy) is 1. The maximum atomic E-state index is 6.53. The van der Waals surface area contributed by atoms with E-state index < -0.39 is 5.41 Å². The Balaban J connectivity index is 1.59. The van der Waals surface area contributed by atoms with Gasteiger partial charge in [-0.2, -0.15) is 0 Å². The summed E-state index contributed by atoms with van der Waals surface area (Å²) in [4.78, 5) is 0. The second-order valence-electron chi connectivity index (χ2n) is 9.48. The van der Waals surface area contributed by atoms with Crippen molar-refractivity contribution < 1.29 is 4.74 Å². The molecule has 1 unspecified atom stereocenters. The molecule has 0 saturated carbocycles. The quantitative estimate of drug-likeness (QED) is 0.239. The number of fused-ring (bicyclic) bond motifs is 9. The molecule has 0 amide bonds. The lowest BCUT2D eigenvalue weighted by atomic mass is 9.65. The first-order chi connectivity index (χ1) is 16.7. The third-order valence-electron chi connectivity index (χ3n) is 7.67. The van der Waals surface area contributed by atoms with Crippen molar-refractivity contribution in [2.24, 2.45) is 5.92 Å². The van der Waals surface area contributed by atoms with Crippen LogP contribution in [0.15, 0.2) is 108 Å². The second-order valence-corrected chi connectivity index (χ2v) is 9.91. The molecule has 164 valence electrons. The molecule has 1 aliphatic heterocycles. The number of allylic oxidation sites excluding steroid dienone is 4. The molecule has 1 atom stereocenters. The fourth-order valence-electron chi connectivity index (χ4n) is 6.17. The topological polar surface area (TPSA) is 9.23 Å². The van der Waals surface area contributed by atoms with Crippen LogP contribution in [-0.4, -0.2) is 0 Å². The fraction of sp³-hybridized carbons (Fsp3) is 0.125. The average molecular weight is 459 g/mol. The van der Waals surface area contributed by atoms with Gasteiger partial charge in [-0.3, -0.25) is 0 Å². The molecule has 34 heavy (non-hydrogen) atoms. The van der Waals surface area contributed by atoms with Crippen molar-refractivity contribution in [2.45, 2.75) is 18.8 Å². The Bertz CT molecular complexity index is 1490. The monoisotopic (exact) mass is 458 g/mol. The van der Waals surface area contributed by atoms with Crippen molar-refractivity contribution in [1.82, 2.24) is 0 Å². The van der Waals surface area contributed by atoms with Crippen molar-refractivity contribution in [3.8, 4) is 22.6 Å². The van der Waals surface area contributed by atoms with Gasteiger partial charge in [0.05, 0.1) is 5.41 Å². The third kappa shape index (κ3) is 2.56. The molecule has 0 bridgehead atoms.